The maximum absolute atomic E-state index is 12.6. The van der Waals surface area contributed by atoms with Crippen molar-refractivity contribution in [3.05, 3.63) is 89.9 Å². The van der Waals surface area contributed by atoms with Gasteiger partial charge in [0.05, 0.1) is 13.4 Å². The van der Waals surface area contributed by atoms with Crippen LogP contribution in [0.3, 0.4) is 0 Å². The first-order valence-corrected chi connectivity index (χ1v) is 9.70. The number of methoxy groups -OCH3 is 1. The Labute approximate surface area is 166 Å². The summed E-state index contributed by atoms with van der Waals surface area (Å²) < 4.78 is 10.9. The predicted molar refractivity (Wildman–Crippen MR) is 110 cm³/mol. The summed E-state index contributed by atoms with van der Waals surface area (Å²) in [5.74, 6) is 2.03. The molecule has 1 heterocycles. The fourth-order valence-corrected chi connectivity index (χ4v) is 3.40. The molecule has 0 aliphatic rings. The van der Waals surface area contributed by atoms with Crippen molar-refractivity contribution >= 4 is 5.91 Å². The van der Waals surface area contributed by atoms with Gasteiger partial charge in [0.15, 0.2) is 0 Å². The Bertz CT molecular complexity index is 841. The molecule has 28 heavy (non-hydrogen) atoms. The van der Waals surface area contributed by atoms with Gasteiger partial charge in [-0.25, -0.2) is 0 Å². The van der Waals surface area contributed by atoms with Crippen molar-refractivity contribution in [2.75, 3.05) is 13.7 Å². The Hall–Kier alpha value is -3.01. The van der Waals surface area contributed by atoms with E-state index in [4.69, 9.17) is 9.15 Å². The van der Waals surface area contributed by atoms with Crippen LogP contribution in [0.5, 0.6) is 5.75 Å². The number of amides is 1. The van der Waals surface area contributed by atoms with Crippen LogP contribution in [-0.4, -0.2) is 24.5 Å². The predicted octanol–water partition coefficient (Wildman–Crippen LogP) is 5.25. The van der Waals surface area contributed by atoms with Crippen molar-refractivity contribution in [2.24, 2.45) is 0 Å². The summed E-state index contributed by atoms with van der Waals surface area (Å²) in [4.78, 5) is 14.5. The molecule has 0 bridgehead atoms. The molecule has 3 rings (SSSR count). The second-order valence-corrected chi connectivity index (χ2v) is 6.78. The van der Waals surface area contributed by atoms with E-state index in [1.807, 2.05) is 66.4 Å². The first kappa shape index (κ1) is 19.7. The maximum Gasteiger partial charge on any atom is 0.222 e. The molecule has 0 aliphatic heterocycles. The van der Waals surface area contributed by atoms with Crippen molar-refractivity contribution in [3.8, 4) is 5.75 Å². The van der Waals surface area contributed by atoms with E-state index in [1.54, 1.807) is 13.4 Å². The molecular formula is C24H27NO3. The Morgan fingerprint density at radius 2 is 1.79 bits per heavy atom. The third-order valence-electron chi connectivity index (χ3n) is 4.96. The Balaban J connectivity index is 1.74. The molecule has 0 aliphatic carbocycles. The fraction of sp³-hybridized carbons (Fsp3) is 0.292. The number of hydrogen-bond donors (Lipinski definition) is 0. The zero-order valence-corrected chi connectivity index (χ0v) is 16.5. The quantitative estimate of drug-likeness (QED) is 0.511. The highest BCUT2D eigenvalue weighted by Gasteiger charge is 2.20. The highest BCUT2D eigenvalue weighted by molar-refractivity contribution is 5.75. The van der Waals surface area contributed by atoms with Gasteiger partial charge in [-0.15, -0.1) is 0 Å². The third kappa shape index (κ3) is 5.03. The summed E-state index contributed by atoms with van der Waals surface area (Å²) in [6.07, 6.45) is 3.00. The van der Waals surface area contributed by atoms with E-state index in [1.165, 1.54) is 5.56 Å². The van der Waals surface area contributed by atoms with Gasteiger partial charge in [-0.05, 0) is 41.8 Å². The second-order valence-electron chi connectivity index (χ2n) is 6.78. The van der Waals surface area contributed by atoms with Gasteiger partial charge in [-0.3, -0.25) is 4.79 Å². The average Bonchev–Trinajstić information content (AvgIpc) is 3.28. The van der Waals surface area contributed by atoms with Gasteiger partial charge in [0.25, 0.3) is 0 Å². The van der Waals surface area contributed by atoms with Crippen LogP contribution in [0.1, 0.15) is 42.6 Å². The van der Waals surface area contributed by atoms with Crippen LogP contribution in [0.2, 0.25) is 0 Å². The van der Waals surface area contributed by atoms with Crippen LogP contribution in [0.15, 0.2) is 77.4 Å². The molecule has 1 atom stereocenters. The lowest BCUT2D eigenvalue weighted by Crippen LogP contribution is -2.31. The minimum absolute atomic E-state index is 0.124. The maximum atomic E-state index is 12.6. The van der Waals surface area contributed by atoms with E-state index in [9.17, 15) is 4.79 Å². The average molecular weight is 377 g/mol. The van der Waals surface area contributed by atoms with Crippen LogP contribution in [0.25, 0.3) is 0 Å². The lowest BCUT2D eigenvalue weighted by Gasteiger charge is -2.25. The Morgan fingerprint density at radius 3 is 2.39 bits per heavy atom. The zero-order chi connectivity index (χ0) is 19.8. The summed E-state index contributed by atoms with van der Waals surface area (Å²) in [5.41, 5.74) is 2.29. The van der Waals surface area contributed by atoms with Crippen LogP contribution < -0.4 is 4.74 Å². The van der Waals surface area contributed by atoms with Crippen molar-refractivity contribution in [3.63, 3.8) is 0 Å². The summed E-state index contributed by atoms with van der Waals surface area (Å²) in [6, 6.07) is 22.1. The first-order chi connectivity index (χ1) is 13.7. The molecule has 1 aromatic heterocycles. The molecule has 0 radical (unpaired) electrons. The van der Waals surface area contributed by atoms with Gasteiger partial charge < -0.3 is 14.1 Å². The zero-order valence-electron chi connectivity index (χ0n) is 16.5. The van der Waals surface area contributed by atoms with Gasteiger partial charge in [-0.1, -0.05) is 49.4 Å². The van der Waals surface area contributed by atoms with Crippen LogP contribution in [0.4, 0.5) is 0 Å². The molecule has 0 N–H and O–H groups in total. The smallest absolute Gasteiger partial charge is 0.222 e. The minimum Gasteiger partial charge on any atom is -0.497 e. The molecule has 146 valence electrons. The number of carbonyl (C=O) groups is 1. The number of rotatable bonds is 9. The molecule has 4 heteroatoms. The number of benzene rings is 2. The van der Waals surface area contributed by atoms with E-state index in [-0.39, 0.29) is 11.8 Å². The van der Waals surface area contributed by atoms with Crippen molar-refractivity contribution in [1.29, 1.82) is 0 Å². The highest BCUT2D eigenvalue weighted by Crippen LogP contribution is 2.29. The monoisotopic (exact) mass is 377 g/mol. The number of hydrogen-bond acceptors (Lipinski definition) is 3. The summed E-state index contributed by atoms with van der Waals surface area (Å²) in [6.45, 7) is 3.17. The van der Waals surface area contributed by atoms with Gasteiger partial charge in [0.2, 0.25) is 5.91 Å². The lowest BCUT2D eigenvalue weighted by molar-refractivity contribution is -0.131. The SMILES string of the molecule is CCC(=O)N(CCC(c1ccccc1)c1ccco1)Cc1ccc(OC)cc1. The molecule has 2 aromatic carbocycles. The summed E-state index contributed by atoms with van der Waals surface area (Å²) in [5, 5.41) is 0. The van der Waals surface area contributed by atoms with Crippen LogP contribution in [-0.2, 0) is 11.3 Å². The number of carbonyl (C=O) groups excluding carboxylic acids is 1. The standard InChI is InChI=1S/C24H27NO3/c1-3-24(26)25(18-19-11-13-21(27-2)14-12-19)16-15-22(23-10-7-17-28-23)20-8-5-4-6-9-20/h4-14,17,22H,3,15-16,18H2,1-2H3. The van der Waals surface area contributed by atoms with Crippen molar-refractivity contribution in [1.82, 2.24) is 4.90 Å². The van der Waals surface area contributed by atoms with Gasteiger partial charge in [0, 0.05) is 25.4 Å². The van der Waals surface area contributed by atoms with Crippen molar-refractivity contribution in [2.45, 2.75) is 32.2 Å². The largest absolute Gasteiger partial charge is 0.497 e. The highest BCUT2D eigenvalue weighted by atomic mass is 16.5. The number of ether oxygens (including phenoxy) is 1. The van der Waals surface area contributed by atoms with Gasteiger partial charge >= 0.3 is 0 Å². The molecule has 1 amide bonds. The van der Waals surface area contributed by atoms with Gasteiger partial charge in [-0.2, -0.15) is 0 Å². The molecule has 0 saturated heterocycles. The lowest BCUT2D eigenvalue weighted by atomic mass is 9.93. The van der Waals surface area contributed by atoms with E-state index in [2.05, 4.69) is 12.1 Å². The topological polar surface area (TPSA) is 42.7 Å². The van der Waals surface area contributed by atoms with E-state index < -0.39 is 0 Å². The molecule has 3 aromatic rings. The van der Waals surface area contributed by atoms with Crippen LogP contribution >= 0.6 is 0 Å². The normalized spacial score (nSPS) is 11.8. The minimum atomic E-state index is 0.124. The van der Waals surface area contributed by atoms with E-state index in [0.717, 1.165) is 23.5 Å². The molecule has 1 unspecified atom stereocenters. The van der Waals surface area contributed by atoms with E-state index >= 15 is 0 Å². The first-order valence-electron chi connectivity index (χ1n) is 9.70. The second kappa shape index (κ2) is 9.79. The molecule has 0 spiro atoms. The molecular weight excluding hydrogens is 350 g/mol. The van der Waals surface area contributed by atoms with Crippen LogP contribution in [0, 0.1) is 0 Å². The van der Waals surface area contributed by atoms with Gasteiger partial charge in [0.1, 0.15) is 11.5 Å². The number of furan rings is 1. The molecule has 0 saturated carbocycles. The summed E-state index contributed by atoms with van der Waals surface area (Å²) >= 11 is 0. The summed E-state index contributed by atoms with van der Waals surface area (Å²) in [7, 11) is 1.65. The molecule has 4 nitrogen and oxygen atoms in total. The Morgan fingerprint density at radius 1 is 1.04 bits per heavy atom. The fourth-order valence-electron chi connectivity index (χ4n) is 3.40. The Kier molecular flexibility index (Phi) is 6.90. The number of nitrogens with zero attached hydrogens (tertiary/aromatic N) is 1. The third-order valence-corrected chi connectivity index (χ3v) is 4.96. The van der Waals surface area contributed by atoms with Crippen molar-refractivity contribution < 1.29 is 13.9 Å². The molecule has 0 fully saturated rings. The van der Waals surface area contributed by atoms with E-state index in [0.29, 0.717) is 19.5 Å².